The molecule has 0 fully saturated rings. The van der Waals surface area contributed by atoms with Crippen LogP contribution in [-0.2, 0) is 11.3 Å². The third-order valence-electron chi connectivity index (χ3n) is 3.38. The van der Waals surface area contributed by atoms with Gasteiger partial charge in [0, 0.05) is 25.8 Å². The fraction of sp³-hybridized carbons (Fsp3) is 0.200. The highest BCUT2D eigenvalue weighted by atomic mass is 35.5. The van der Waals surface area contributed by atoms with E-state index in [4.69, 9.17) is 16.3 Å². The molecular formula is C15H12ClN3O4S2. The number of carbonyl (C=O) groups is 1. The average Bonchev–Trinajstić information content (AvgIpc) is 3.15. The van der Waals surface area contributed by atoms with Gasteiger partial charge in [0.1, 0.15) is 0 Å². The molecular weight excluding hydrogens is 386 g/mol. The third-order valence-corrected chi connectivity index (χ3v) is 5.64. The van der Waals surface area contributed by atoms with Crippen LogP contribution in [0.1, 0.15) is 9.67 Å². The van der Waals surface area contributed by atoms with Gasteiger partial charge in [-0.15, -0.1) is 11.3 Å². The molecule has 7 nitrogen and oxygen atoms in total. The second-order valence-corrected chi connectivity index (χ2v) is 7.68. The minimum atomic E-state index is -0.450. The van der Waals surface area contributed by atoms with Gasteiger partial charge in [0.25, 0.3) is 11.6 Å². The highest BCUT2D eigenvalue weighted by molar-refractivity contribution is 7.18. The molecule has 0 unspecified atom stereocenters. The molecule has 1 amide bonds. The Morgan fingerprint density at radius 3 is 2.80 bits per heavy atom. The van der Waals surface area contributed by atoms with Crippen LogP contribution in [0.2, 0.25) is 4.34 Å². The summed E-state index contributed by atoms with van der Waals surface area (Å²) in [5, 5.41) is 11.0. The maximum Gasteiger partial charge on any atom is 0.289 e. The molecule has 3 aromatic rings. The number of fused-ring (bicyclic) bond motifs is 1. The number of nitro groups is 1. The van der Waals surface area contributed by atoms with Gasteiger partial charge in [-0.2, -0.15) is 4.99 Å². The minimum absolute atomic E-state index is 0.00411. The number of aromatic nitrogens is 1. The predicted molar refractivity (Wildman–Crippen MR) is 97.6 cm³/mol. The molecule has 0 radical (unpaired) electrons. The zero-order valence-electron chi connectivity index (χ0n) is 13.0. The zero-order valence-corrected chi connectivity index (χ0v) is 15.4. The van der Waals surface area contributed by atoms with Crippen molar-refractivity contribution in [2.45, 2.75) is 6.54 Å². The van der Waals surface area contributed by atoms with Crippen LogP contribution in [0.4, 0.5) is 5.69 Å². The SMILES string of the molecule is COCCn1c(=NC(=O)c2ccc(Cl)s2)sc2cc([N+](=O)[O-])ccc21. The lowest BCUT2D eigenvalue weighted by molar-refractivity contribution is -0.384. The Kier molecular flexibility index (Phi) is 5.28. The lowest BCUT2D eigenvalue weighted by Crippen LogP contribution is -2.19. The summed E-state index contributed by atoms with van der Waals surface area (Å²) in [6.45, 7) is 0.903. The van der Waals surface area contributed by atoms with Crippen LogP contribution in [0.15, 0.2) is 35.3 Å². The second-order valence-electron chi connectivity index (χ2n) is 4.96. The molecule has 2 aromatic heterocycles. The van der Waals surface area contributed by atoms with Crippen LogP contribution in [-0.4, -0.2) is 29.1 Å². The molecule has 0 saturated heterocycles. The van der Waals surface area contributed by atoms with E-state index in [-0.39, 0.29) is 5.69 Å². The molecule has 0 bridgehead atoms. The first-order valence-corrected chi connectivity index (χ1v) is 9.12. The number of halogens is 1. The summed E-state index contributed by atoms with van der Waals surface area (Å²) in [7, 11) is 1.58. The van der Waals surface area contributed by atoms with Gasteiger partial charge >= 0.3 is 0 Å². The molecule has 0 spiro atoms. The van der Waals surface area contributed by atoms with Crippen molar-refractivity contribution in [1.82, 2.24) is 4.57 Å². The molecule has 1 aromatic carbocycles. The van der Waals surface area contributed by atoms with Crippen molar-refractivity contribution in [3.63, 3.8) is 0 Å². The number of hydrogen-bond donors (Lipinski definition) is 0. The number of thiazole rings is 1. The monoisotopic (exact) mass is 397 g/mol. The Balaban J connectivity index is 2.12. The molecule has 10 heteroatoms. The van der Waals surface area contributed by atoms with Crippen LogP contribution < -0.4 is 4.80 Å². The first-order chi connectivity index (χ1) is 12.0. The Morgan fingerprint density at radius 1 is 1.36 bits per heavy atom. The van der Waals surface area contributed by atoms with E-state index in [9.17, 15) is 14.9 Å². The van der Waals surface area contributed by atoms with Gasteiger partial charge < -0.3 is 9.30 Å². The summed E-state index contributed by atoms with van der Waals surface area (Å²) < 4.78 is 8.12. The number of thiophene rings is 1. The van der Waals surface area contributed by atoms with Crippen LogP contribution in [0, 0.1) is 10.1 Å². The van der Waals surface area contributed by atoms with E-state index in [2.05, 4.69) is 4.99 Å². The summed E-state index contributed by atoms with van der Waals surface area (Å²) in [6, 6.07) is 7.83. The van der Waals surface area contributed by atoms with Gasteiger partial charge in [0.05, 0.1) is 31.0 Å². The number of nitrogens with zero attached hydrogens (tertiary/aromatic N) is 3. The molecule has 2 heterocycles. The summed E-state index contributed by atoms with van der Waals surface area (Å²) in [5.41, 5.74) is 0.763. The summed E-state index contributed by atoms with van der Waals surface area (Å²) in [6.07, 6.45) is 0. The fourth-order valence-corrected chi connectivity index (χ4v) is 4.25. The number of amides is 1. The van der Waals surface area contributed by atoms with Crippen molar-refractivity contribution in [2.75, 3.05) is 13.7 Å². The van der Waals surface area contributed by atoms with Crippen molar-refractivity contribution >= 4 is 56.1 Å². The van der Waals surface area contributed by atoms with E-state index >= 15 is 0 Å². The van der Waals surface area contributed by atoms with Gasteiger partial charge in [-0.25, -0.2) is 0 Å². The topological polar surface area (TPSA) is 86.7 Å². The minimum Gasteiger partial charge on any atom is -0.383 e. The molecule has 3 rings (SSSR count). The third kappa shape index (κ3) is 3.79. The van der Waals surface area contributed by atoms with Crippen LogP contribution in [0.3, 0.4) is 0 Å². The van der Waals surface area contributed by atoms with Gasteiger partial charge in [0.15, 0.2) is 4.80 Å². The van der Waals surface area contributed by atoms with Crippen molar-refractivity contribution in [2.24, 2.45) is 4.99 Å². The highest BCUT2D eigenvalue weighted by Gasteiger charge is 2.14. The number of methoxy groups -OCH3 is 1. The summed E-state index contributed by atoms with van der Waals surface area (Å²) in [4.78, 5) is 27.9. The largest absolute Gasteiger partial charge is 0.383 e. The molecule has 0 atom stereocenters. The van der Waals surface area contributed by atoms with Gasteiger partial charge in [-0.05, 0) is 18.2 Å². The van der Waals surface area contributed by atoms with Crippen LogP contribution >= 0.6 is 34.3 Å². The highest BCUT2D eigenvalue weighted by Crippen LogP contribution is 2.24. The lowest BCUT2D eigenvalue weighted by atomic mass is 10.3. The van der Waals surface area contributed by atoms with Crippen molar-refractivity contribution in [3.05, 3.63) is 54.5 Å². The van der Waals surface area contributed by atoms with Crippen molar-refractivity contribution in [3.8, 4) is 0 Å². The predicted octanol–water partition coefficient (Wildman–Crippen LogP) is 3.71. The van der Waals surface area contributed by atoms with Crippen LogP contribution in [0.25, 0.3) is 10.2 Å². The number of rotatable bonds is 5. The maximum absolute atomic E-state index is 12.3. The summed E-state index contributed by atoms with van der Waals surface area (Å²) >= 11 is 8.24. The molecule has 0 saturated carbocycles. The summed E-state index contributed by atoms with van der Waals surface area (Å²) in [5.74, 6) is -0.399. The van der Waals surface area contributed by atoms with Gasteiger partial charge in [-0.1, -0.05) is 22.9 Å². The molecule has 0 aliphatic carbocycles. The van der Waals surface area contributed by atoms with E-state index < -0.39 is 10.8 Å². The smallest absolute Gasteiger partial charge is 0.289 e. The first-order valence-electron chi connectivity index (χ1n) is 7.10. The number of nitro benzene ring substituents is 1. The fourth-order valence-electron chi connectivity index (χ4n) is 2.23. The second kappa shape index (κ2) is 7.44. The average molecular weight is 398 g/mol. The first kappa shape index (κ1) is 17.7. The number of ether oxygens (including phenoxy) is 1. The van der Waals surface area contributed by atoms with E-state index in [1.54, 1.807) is 25.3 Å². The number of carbonyl (C=O) groups excluding carboxylic acids is 1. The molecule has 0 aliphatic heterocycles. The van der Waals surface area contributed by atoms with Gasteiger partial charge in [0.2, 0.25) is 0 Å². The lowest BCUT2D eigenvalue weighted by Gasteiger charge is -2.03. The quantitative estimate of drug-likeness (QED) is 0.485. The molecule has 0 aliphatic rings. The van der Waals surface area contributed by atoms with Crippen molar-refractivity contribution < 1.29 is 14.5 Å². The van der Waals surface area contributed by atoms with E-state index in [1.807, 2.05) is 4.57 Å². The number of benzene rings is 1. The Labute approximate surface area is 154 Å². The van der Waals surface area contributed by atoms with E-state index in [0.29, 0.717) is 31.9 Å². The van der Waals surface area contributed by atoms with Crippen molar-refractivity contribution in [1.29, 1.82) is 0 Å². The Morgan fingerprint density at radius 2 is 2.16 bits per heavy atom. The van der Waals surface area contributed by atoms with Gasteiger partial charge in [-0.3, -0.25) is 14.9 Å². The Bertz CT molecular complexity index is 1020. The van der Waals surface area contributed by atoms with E-state index in [1.165, 1.54) is 23.5 Å². The Hall–Kier alpha value is -2.07. The molecule has 0 N–H and O–H groups in total. The molecule has 25 heavy (non-hydrogen) atoms. The maximum atomic E-state index is 12.3. The van der Waals surface area contributed by atoms with E-state index in [0.717, 1.165) is 16.9 Å². The standard InChI is InChI=1S/C15H12ClN3O4S2/c1-23-7-6-18-10-3-2-9(19(21)22)8-12(10)25-15(18)17-14(20)11-4-5-13(16)24-11/h2-5,8H,6-7H2,1H3. The normalized spacial score (nSPS) is 12.0. The molecule has 130 valence electrons. The van der Waals surface area contributed by atoms with Crippen LogP contribution in [0.5, 0.6) is 0 Å². The number of non-ortho nitro benzene ring substituents is 1. The number of hydrogen-bond acceptors (Lipinski definition) is 6. The zero-order chi connectivity index (χ0) is 18.0.